The van der Waals surface area contributed by atoms with Crippen LogP contribution in [0.2, 0.25) is 0 Å². The SMILES string of the molecule is C=CCN1CC2CN(C(=O)CC(F)(F)F)CCC2(c2ccccc2)C1. The van der Waals surface area contributed by atoms with E-state index < -0.39 is 18.5 Å². The molecule has 136 valence electrons. The van der Waals surface area contributed by atoms with Crippen molar-refractivity contribution >= 4 is 5.91 Å². The molecular weight excluding hydrogens is 329 g/mol. The largest absolute Gasteiger partial charge is 0.397 e. The summed E-state index contributed by atoms with van der Waals surface area (Å²) in [5, 5.41) is 0. The number of hydrogen-bond donors (Lipinski definition) is 0. The van der Waals surface area contributed by atoms with Crippen molar-refractivity contribution in [1.82, 2.24) is 9.80 Å². The Hall–Kier alpha value is -1.82. The van der Waals surface area contributed by atoms with Gasteiger partial charge in [0.05, 0.1) is 0 Å². The summed E-state index contributed by atoms with van der Waals surface area (Å²) in [6, 6.07) is 10.2. The Morgan fingerprint density at radius 3 is 2.64 bits per heavy atom. The summed E-state index contributed by atoms with van der Waals surface area (Å²) in [7, 11) is 0. The average Bonchev–Trinajstić information content (AvgIpc) is 2.92. The minimum absolute atomic E-state index is 0.0979. The van der Waals surface area contributed by atoms with Crippen molar-refractivity contribution < 1.29 is 18.0 Å². The lowest BCUT2D eigenvalue weighted by Crippen LogP contribution is -2.51. The fraction of sp³-hybridized carbons (Fsp3) is 0.526. The molecule has 25 heavy (non-hydrogen) atoms. The fourth-order valence-corrected chi connectivity index (χ4v) is 4.36. The average molecular weight is 352 g/mol. The number of likely N-dealkylation sites (tertiary alicyclic amines) is 2. The van der Waals surface area contributed by atoms with Crippen LogP contribution in [0.1, 0.15) is 18.4 Å². The minimum Gasteiger partial charge on any atom is -0.342 e. The van der Waals surface area contributed by atoms with Gasteiger partial charge >= 0.3 is 6.18 Å². The number of rotatable bonds is 4. The number of alkyl halides is 3. The van der Waals surface area contributed by atoms with Gasteiger partial charge in [-0.25, -0.2) is 0 Å². The summed E-state index contributed by atoms with van der Waals surface area (Å²) in [5.74, 6) is -0.669. The molecule has 0 N–H and O–H groups in total. The first-order valence-electron chi connectivity index (χ1n) is 8.57. The van der Waals surface area contributed by atoms with Crippen molar-refractivity contribution in [2.45, 2.75) is 24.4 Å². The van der Waals surface area contributed by atoms with Gasteiger partial charge < -0.3 is 4.90 Å². The van der Waals surface area contributed by atoms with Crippen molar-refractivity contribution in [1.29, 1.82) is 0 Å². The van der Waals surface area contributed by atoms with E-state index in [1.807, 2.05) is 24.3 Å². The summed E-state index contributed by atoms with van der Waals surface area (Å²) >= 11 is 0. The first-order chi connectivity index (χ1) is 11.8. The Kier molecular flexibility index (Phi) is 4.91. The van der Waals surface area contributed by atoms with Gasteiger partial charge in [-0.15, -0.1) is 6.58 Å². The van der Waals surface area contributed by atoms with Gasteiger partial charge in [-0.2, -0.15) is 13.2 Å². The van der Waals surface area contributed by atoms with Crippen LogP contribution in [0.3, 0.4) is 0 Å². The molecule has 6 heteroatoms. The molecule has 0 aromatic heterocycles. The fourth-order valence-electron chi connectivity index (χ4n) is 4.36. The molecule has 0 bridgehead atoms. The highest BCUT2D eigenvalue weighted by Crippen LogP contribution is 2.45. The van der Waals surface area contributed by atoms with E-state index >= 15 is 0 Å². The Morgan fingerprint density at radius 2 is 2.00 bits per heavy atom. The van der Waals surface area contributed by atoms with E-state index in [2.05, 4.69) is 23.6 Å². The molecule has 2 aliphatic rings. The van der Waals surface area contributed by atoms with Crippen molar-refractivity contribution in [2.24, 2.45) is 5.92 Å². The summed E-state index contributed by atoms with van der Waals surface area (Å²) in [4.78, 5) is 15.7. The number of halogens is 3. The summed E-state index contributed by atoms with van der Waals surface area (Å²) in [5.41, 5.74) is 1.12. The van der Waals surface area contributed by atoms with Crippen LogP contribution < -0.4 is 0 Å². The van der Waals surface area contributed by atoms with Crippen LogP contribution in [0.25, 0.3) is 0 Å². The molecule has 2 aliphatic heterocycles. The first kappa shape index (κ1) is 18.0. The van der Waals surface area contributed by atoms with E-state index in [0.717, 1.165) is 19.6 Å². The normalized spacial score (nSPS) is 27.2. The monoisotopic (exact) mass is 352 g/mol. The number of hydrogen-bond acceptors (Lipinski definition) is 2. The van der Waals surface area contributed by atoms with Gasteiger partial charge in [0.2, 0.25) is 5.91 Å². The Bertz CT molecular complexity index is 631. The molecule has 3 nitrogen and oxygen atoms in total. The molecular formula is C19H23F3N2O. The third-order valence-electron chi connectivity index (χ3n) is 5.47. The highest BCUT2D eigenvalue weighted by molar-refractivity contribution is 5.77. The Balaban J connectivity index is 1.81. The maximum Gasteiger partial charge on any atom is 0.397 e. The lowest BCUT2D eigenvalue weighted by molar-refractivity contribution is -0.163. The molecule has 1 amide bonds. The minimum atomic E-state index is -4.45. The lowest BCUT2D eigenvalue weighted by Gasteiger charge is -2.44. The molecule has 1 aromatic carbocycles. The van der Waals surface area contributed by atoms with Gasteiger partial charge in [0.15, 0.2) is 0 Å². The number of benzene rings is 1. The maximum atomic E-state index is 12.6. The third-order valence-corrected chi connectivity index (χ3v) is 5.47. The second-order valence-corrected chi connectivity index (χ2v) is 7.08. The van der Waals surface area contributed by atoms with E-state index in [4.69, 9.17) is 0 Å². The number of fused-ring (bicyclic) bond motifs is 1. The molecule has 3 rings (SSSR count). The quantitative estimate of drug-likeness (QED) is 0.777. The second-order valence-electron chi connectivity index (χ2n) is 7.08. The molecule has 0 spiro atoms. The highest BCUT2D eigenvalue weighted by Gasteiger charge is 2.51. The third kappa shape index (κ3) is 3.73. The van der Waals surface area contributed by atoms with Crippen LogP contribution in [0.15, 0.2) is 43.0 Å². The van der Waals surface area contributed by atoms with Crippen LogP contribution in [-0.4, -0.2) is 54.6 Å². The zero-order chi connectivity index (χ0) is 18.1. The maximum absolute atomic E-state index is 12.6. The molecule has 2 unspecified atom stereocenters. The van der Waals surface area contributed by atoms with Crippen LogP contribution in [-0.2, 0) is 10.2 Å². The van der Waals surface area contributed by atoms with Crippen LogP contribution in [0.4, 0.5) is 13.2 Å². The standard InChI is InChI=1S/C19H23F3N2O/c1-2-9-23-12-16-13-24(17(25)11-19(20,21)22)10-8-18(16,14-23)15-6-4-3-5-7-15/h2-7,16H,1,8-14H2. The first-order valence-corrected chi connectivity index (χ1v) is 8.57. The van der Waals surface area contributed by atoms with Gasteiger partial charge in [0, 0.05) is 44.1 Å². The predicted octanol–water partition coefficient (Wildman–Crippen LogP) is 3.23. The molecule has 2 atom stereocenters. The van der Waals surface area contributed by atoms with Gasteiger partial charge in [0.25, 0.3) is 0 Å². The van der Waals surface area contributed by atoms with Gasteiger partial charge in [0.1, 0.15) is 6.42 Å². The molecule has 2 fully saturated rings. The molecule has 1 aromatic rings. The molecule has 0 saturated carbocycles. The number of carbonyl (C=O) groups excluding carboxylic acids is 1. The highest BCUT2D eigenvalue weighted by atomic mass is 19.4. The van der Waals surface area contributed by atoms with Crippen LogP contribution >= 0.6 is 0 Å². The summed E-state index contributed by atoms with van der Waals surface area (Å²) < 4.78 is 37.7. The van der Waals surface area contributed by atoms with E-state index in [1.54, 1.807) is 0 Å². The summed E-state index contributed by atoms with van der Waals surface area (Å²) in [6.07, 6.45) is -3.27. The van der Waals surface area contributed by atoms with Crippen LogP contribution in [0, 0.1) is 5.92 Å². The van der Waals surface area contributed by atoms with Crippen LogP contribution in [0.5, 0.6) is 0 Å². The van der Waals surface area contributed by atoms with E-state index in [0.29, 0.717) is 19.5 Å². The zero-order valence-corrected chi connectivity index (χ0v) is 14.1. The van der Waals surface area contributed by atoms with E-state index in [9.17, 15) is 18.0 Å². The number of amides is 1. The van der Waals surface area contributed by atoms with Gasteiger partial charge in [-0.3, -0.25) is 9.69 Å². The number of carbonyl (C=O) groups is 1. The topological polar surface area (TPSA) is 23.6 Å². The lowest BCUT2D eigenvalue weighted by atomic mass is 9.68. The van der Waals surface area contributed by atoms with E-state index in [1.165, 1.54) is 10.5 Å². The number of nitrogens with zero attached hydrogens (tertiary/aromatic N) is 2. The van der Waals surface area contributed by atoms with Crippen molar-refractivity contribution in [3.63, 3.8) is 0 Å². The van der Waals surface area contributed by atoms with Gasteiger partial charge in [-0.05, 0) is 12.0 Å². The van der Waals surface area contributed by atoms with Crippen molar-refractivity contribution in [3.8, 4) is 0 Å². The van der Waals surface area contributed by atoms with Crippen molar-refractivity contribution in [3.05, 3.63) is 48.6 Å². The van der Waals surface area contributed by atoms with E-state index in [-0.39, 0.29) is 11.3 Å². The molecule has 2 heterocycles. The number of piperidine rings is 1. The Morgan fingerprint density at radius 1 is 1.28 bits per heavy atom. The van der Waals surface area contributed by atoms with Gasteiger partial charge in [-0.1, -0.05) is 36.4 Å². The van der Waals surface area contributed by atoms with Crippen molar-refractivity contribution in [2.75, 3.05) is 32.7 Å². The molecule has 0 radical (unpaired) electrons. The summed E-state index contributed by atoms with van der Waals surface area (Å²) in [6.45, 7) is 6.94. The Labute approximate surface area is 146 Å². The zero-order valence-electron chi connectivity index (χ0n) is 14.1. The smallest absolute Gasteiger partial charge is 0.342 e. The molecule has 2 saturated heterocycles. The second kappa shape index (κ2) is 6.83. The predicted molar refractivity (Wildman–Crippen MR) is 90.1 cm³/mol. The molecule has 0 aliphatic carbocycles.